The average molecular weight is 286 g/mol. The largest absolute Gasteiger partial charge is 0.299 e. The topological polar surface area (TPSA) is 17.1 Å². The molecule has 0 N–H and O–H groups in total. The molecule has 2 atom stereocenters. The number of benzene rings is 1. The molecule has 1 aromatic carbocycles. The predicted molar refractivity (Wildman–Crippen MR) is 80.3 cm³/mol. The molecular weight excluding hydrogens is 263 g/mol. The van der Waals surface area contributed by atoms with E-state index in [1.54, 1.807) is 12.1 Å². The molecule has 1 nitrogen and oxygen atoms in total. The van der Waals surface area contributed by atoms with E-state index in [1.165, 1.54) is 25.3 Å². The number of ketones is 1. The van der Waals surface area contributed by atoms with Gasteiger partial charge in [0.05, 0.1) is 0 Å². The summed E-state index contributed by atoms with van der Waals surface area (Å²) in [4.78, 5) is 13.0. The molecule has 4 fully saturated rings. The zero-order valence-corrected chi connectivity index (χ0v) is 12.7. The van der Waals surface area contributed by atoms with Crippen LogP contribution < -0.4 is 0 Å². The molecule has 4 aliphatic carbocycles. The minimum absolute atomic E-state index is 0.138. The number of carbonyl (C=O) groups is 1. The molecule has 0 spiro atoms. The quantitative estimate of drug-likeness (QED) is 0.797. The van der Waals surface area contributed by atoms with Gasteiger partial charge in [0.1, 0.15) is 11.6 Å². The molecule has 4 saturated carbocycles. The number of rotatable bonds is 3. The van der Waals surface area contributed by atoms with Crippen molar-refractivity contribution in [2.24, 2.45) is 22.7 Å². The van der Waals surface area contributed by atoms with Gasteiger partial charge in [0.2, 0.25) is 0 Å². The molecule has 112 valence electrons. The lowest BCUT2D eigenvalue weighted by molar-refractivity contribution is -0.152. The van der Waals surface area contributed by atoms with Gasteiger partial charge >= 0.3 is 0 Å². The highest BCUT2D eigenvalue weighted by Crippen LogP contribution is 2.65. The molecule has 0 aromatic heterocycles. The van der Waals surface area contributed by atoms with Gasteiger partial charge in [0, 0.05) is 11.8 Å². The van der Waals surface area contributed by atoms with Crippen LogP contribution in [0.15, 0.2) is 24.3 Å². The van der Waals surface area contributed by atoms with Crippen molar-refractivity contribution in [3.8, 4) is 0 Å². The molecule has 2 heteroatoms. The molecule has 4 aliphatic rings. The van der Waals surface area contributed by atoms with Crippen molar-refractivity contribution in [1.29, 1.82) is 0 Å². The Bertz CT molecular complexity index is 577. The minimum Gasteiger partial charge on any atom is -0.299 e. The Kier molecular flexibility index (Phi) is 2.83. The third-order valence-electron chi connectivity index (χ3n) is 6.25. The SMILES string of the molecule is CC12CC3CC(C1)CC(C(=O)Cc1ccccc1F)(C3)C2. The molecule has 0 radical (unpaired) electrons. The molecule has 4 bridgehead atoms. The first kappa shape index (κ1) is 13.5. The molecule has 5 rings (SSSR count). The maximum atomic E-state index is 13.8. The van der Waals surface area contributed by atoms with Crippen molar-refractivity contribution in [2.75, 3.05) is 0 Å². The van der Waals surface area contributed by atoms with Crippen LogP contribution in [0.4, 0.5) is 4.39 Å². The molecule has 21 heavy (non-hydrogen) atoms. The molecule has 0 amide bonds. The normalized spacial score (nSPS) is 40.5. The van der Waals surface area contributed by atoms with Gasteiger partial charge in [0.25, 0.3) is 0 Å². The number of Topliss-reactive ketones (excluding diaryl/α,β-unsaturated/α-hetero) is 1. The molecule has 2 unspecified atom stereocenters. The number of halogens is 1. The van der Waals surface area contributed by atoms with Gasteiger partial charge < -0.3 is 0 Å². The minimum atomic E-state index is -0.234. The Morgan fingerprint density at radius 3 is 2.48 bits per heavy atom. The van der Waals surface area contributed by atoms with Crippen molar-refractivity contribution in [3.63, 3.8) is 0 Å². The lowest BCUT2D eigenvalue weighted by Gasteiger charge is -2.60. The maximum Gasteiger partial charge on any atom is 0.143 e. The van der Waals surface area contributed by atoms with Crippen LogP contribution >= 0.6 is 0 Å². The highest BCUT2D eigenvalue weighted by atomic mass is 19.1. The van der Waals surface area contributed by atoms with E-state index in [0.717, 1.165) is 31.1 Å². The van der Waals surface area contributed by atoms with Crippen LogP contribution in [0.1, 0.15) is 51.0 Å². The zero-order valence-electron chi connectivity index (χ0n) is 12.7. The van der Waals surface area contributed by atoms with Gasteiger partial charge in [-0.25, -0.2) is 4.39 Å². The second-order valence-corrected chi connectivity index (χ2v) is 8.24. The second kappa shape index (κ2) is 4.41. The van der Waals surface area contributed by atoms with E-state index in [9.17, 15) is 9.18 Å². The molecule has 1 aromatic rings. The van der Waals surface area contributed by atoms with Crippen molar-refractivity contribution in [3.05, 3.63) is 35.6 Å². The first-order valence-electron chi connectivity index (χ1n) is 8.25. The van der Waals surface area contributed by atoms with Crippen molar-refractivity contribution < 1.29 is 9.18 Å². The summed E-state index contributed by atoms with van der Waals surface area (Å²) in [5.41, 5.74) is 0.805. The van der Waals surface area contributed by atoms with Crippen LogP contribution in [0.25, 0.3) is 0 Å². The van der Waals surface area contributed by atoms with Crippen molar-refractivity contribution in [2.45, 2.75) is 51.9 Å². The van der Waals surface area contributed by atoms with Gasteiger partial charge in [-0.15, -0.1) is 0 Å². The lowest BCUT2D eigenvalue weighted by atomic mass is 9.43. The number of hydrogen-bond donors (Lipinski definition) is 0. The first-order chi connectivity index (χ1) is 9.98. The monoisotopic (exact) mass is 286 g/mol. The van der Waals surface area contributed by atoms with E-state index < -0.39 is 0 Å². The van der Waals surface area contributed by atoms with E-state index in [-0.39, 0.29) is 17.7 Å². The Balaban J connectivity index is 1.61. The smallest absolute Gasteiger partial charge is 0.143 e. The fraction of sp³-hybridized carbons (Fsp3) is 0.632. The Hall–Kier alpha value is -1.18. The van der Waals surface area contributed by atoms with E-state index >= 15 is 0 Å². The summed E-state index contributed by atoms with van der Waals surface area (Å²) in [6, 6.07) is 6.74. The maximum absolute atomic E-state index is 13.8. The fourth-order valence-corrected chi connectivity index (χ4v) is 6.05. The van der Waals surface area contributed by atoms with Crippen LogP contribution in [0.2, 0.25) is 0 Å². The van der Waals surface area contributed by atoms with Crippen molar-refractivity contribution >= 4 is 5.78 Å². The standard InChI is InChI=1S/C19H23FO/c1-18-8-13-6-14(9-18)11-19(10-13,12-18)17(21)7-15-4-2-3-5-16(15)20/h2-5,13-14H,6-12H2,1H3. The summed E-state index contributed by atoms with van der Waals surface area (Å²) in [5, 5.41) is 0. The van der Waals surface area contributed by atoms with E-state index in [1.807, 2.05) is 6.07 Å². The molecule has 0 saturated heterocycles. The Morgan fingerprint density at radius 2 is 1.86 bits per heavy atom. The predicted octanol–water partition coefficient (Wildman–Crippen LogP) is 4.54. The van der Waals surface area contributed by atoms with Gasteiger partial charge in [0.15, 0.2) is 0 Å². The highest BCUT2D eigenvalue weighted by molar-refractivity contribution is 5.87. The zero-order chi connectivity index (χ0) is 14.7. The van der Waals surface area contributed by atoms with Crippen LogP contribution in [0.3, 0.4) is 0 Å². The number of hydrogen-bond acceptors (Lipinski definition) is 1. The third-order valence-corrected chi connectivity index (χ3v) is 6.25. The van der Waals surface area contributed by atoms with E-state index in [0.29, 0.717) is 16.8 Å². The van der Waals surface area contributed by atoms with Crippen LogP contribution in [0.5, 0.6) is 0 Å². The Morgan fingerprint density at radius 1 is 1.19 bits per heavy atom. The van der Waals surface area contributed by atoms with Crippen molar-refractivity contribution in [1.82, 2.24) is 0 Å². The van der Waals surface area contributed by atoms with Gasteiger partial charge in [-0.2, -0.15) is 0 Å². The third kappa shape index (κ3) is 2.15. The number of carbonyl (C=O) groups excluding carboxylic acids is 1. The van der Waals surface area contributed by atoms with Gasteiger partial charge in [-0.1, -0.05) is 25.1 Å². The average Bonchev–Trinajstić information content (AvgIpc) is 2.38. The van der Waals surface area contributed by atoms with Crippen LogP contribution in [-0.2, 0) is 11.2 Å². The van der Waals surface area contributed by atoms with E-state index in [2.05, 4.69) is 6.92 Å². The summed E-state index contributed by atoms with van der Waals surface area (Å²) < 4.78 is 13.8. The summed E-state index contributed by atoms with van der Waals surface area (Å²) in [7, 11) is 0. The van der Waals surface area contributed by atoms with Crippen LogP contribution in [-0.4, -0.2) is 5.78 Å². The second-order valence-electron chi connectivity index (χ2n) is 8.24. The summed E-state index contributed by atoms with van der Waals surface area (Å²) in [5.74, 6) is 1.54. The lowest BCUT2D eigenvalue weighted by Crippen LogP contribution is -2.54. The summed E-state index contributed by atoms with van der Waals surface area (Å²) >= 11 is 0. The fourth-order valence-electron chi connectivity index (χ4n) is 6.05. The van der Waals surface area contributed by atoms with E-state index in [4.69, 9.17) is 0 Å². The van der Waals surface area contributed by atoms with Crippen LogP contribution in [0, 0.1) is 28.5 Å². The molecule has 0 aliphatic heterocycles. The summed E-state index contributed by atoms with van der Waals surface area (Å²) in [6.45, 7) is 2.37. The molecular formula is C19H23FO. The summed E-state index contributed by atoms with van der Waals surface area (Å²) in [6.07, 6.45) is 7.38. The van der Waals surface area contributed by atoms with Gasteiger partial charge in [-0.05, 0) is 67.4 Å². The molecule has 0 heterocycles. The Labute approximate surface area is 125 Å². The first-order valence-corrected chi connectivity index (χ1v) is 8.25. The van der Waals surface area contributed by atoms with Gasteiger partial charge in [-0.3, -0.25) is 4.79 Å². The highest BCUT2D eigenvalue weighted by Gasteiger charge is 2.58.